The molecule has 1 atom stereocenters. The van der Waals surface area contributed by atoms with Gasteiger partial charge in [0, 0.05) is 13.5 Å². The second-order valence-corrected chi connectivity index (χ2v) is 3.95. The smallest absolute Gasteiger partial charge is 0.142 e. The number of para-hydroxylation sites is 2. The van der Waals surface area contributed by atoms with Crippen LogP contribution < -0.4 is 9.64 Å². The maximum Gasteiger partial charge on any atom is 0.142 e. The molecule has 0 fully saturated rings. The van der Waals surface area contributed by atoms with Crippen LogP contribution in [0.2, 0.25) is 0 Å². The summed E-state index contributed by atoms with van der Waals surface area (Å²) in [4.78, 5) is 13.2. The first-order valence-electron chi connectivity index (χ1n) is 5.12. The average molecular weight is 205 g/mol. The summed E-state index contributed by atoms with van der Waals surface area (Å²) in [6.45, 7) is 2.21. The highest BCUT2D eigenvalue weighted by Gasteiger charge is 2.24. The van der Waals surface area contributed by atoms with E-state index in [9.17, 15) is 4.79 Å². The predicted octanol–water partition coefficient (Wildman–Crippen LogP) is 1.86. The van der Waals surface area contributed by atoms with Gasteiger partial charge in [0.15, 0.2) is 0 Å². The van der Waals surface area contributed by atoms with E-state index in [1.165, 1.54) is 0 Å². The van der Waals surface area contributed by atoms with Crippen LogP contribution >= 0.6 is 0 Å². The Kier molecular flexibility index (Phi) is 2.62. The molecule has 0 aromatic heterocycles. The van der Waals surface area contributed by atoms with E-state index in [2.05, 4.69) is 4.90 Å². The van der Waals surface area contributed by atoms with Gasteiger partial charge in [0.05, 0.1) is 11.7 Å². The molecule has 3 heteroatoms. The van der Waals surface area contributed by atoms with E-state index in [-0.39, 0.29) is 11.8 Å². The minimum Gasteiger partial charge on any atom is -0.489 e. The zero-order valence-electron chi connectivity index (χ0n) is 9.06. The lowest BCUT2D eigenvalue weighted by Crippen LogP contribution is -2.41. The molecule has 0 bridgehead atoms. The SMILES string of the molecule is CC(=O)CC1COc2ccccc2N1C. The second-order valence-electron chi connectivity index (χ2n) is 3.95. The Balaban J connectivity index is 2.22. The molecule has 0 radical (unpaired) electrons. The van der Waals surface area contributed by atoms with E-state index < -0.39 is 0 Å². The Labute approximate surface area is 89.7 Å². The Bertz CT molecular complexity index is 376. The van der Waals surface area contributed by atoms with Gasteiger partial charge in [-0.3, -0.25) is 4.79 Å². The van der Waals surface area contributed by atoms with Crippen LogP contribution in [0.5, 0.6) is 5.75 Å². The van der Waals surface area contributed by atoms with Crippen molar-refractivity contribution in [1.29, 1.82) is 0 Å². The van der Waals surface area contributed by atoms with Gasteiger partial charge in [0.25, 0.3) is 0 Å². The van der Waals surface area contributed by atoms with Gasteiger partial charge in [-0.25, -0.2) is 0 Å². The summed E-state index contributed by atoms with van der Waals surface area (Å²) in [5.41, 5.74) is 1.06. The summed E-state index contributed by atoms with van der Waals surface area (Å²) in [6, 6.07) is 8.07. The molecule has 0 saturated heterocycles. The third-order valence-electron chi connectivity index (χ3n) is 2.75. The number of fused-ring (bicyclic) bond motifs is 1. The second kappa shape index (κ2) is 3.93. The first-order valence-corrected chi connectivity index (χ1v) is 5.12. The Morgan fingerprint density at radius 1 is 1.53 bits per heavy atom. The monoisotopic (exact) mass is 205 g/mol. The number of ether oxygens (including phenoxy) is 1. The van der Waals surface area contributed by atoms with Crippen molar-refractivity contribution in [2.75, 3.05) is 18.6 Å². The van der Waals surface area contributed by atoms with Gasteiger partial charge < -0.3 is 9.64 Å². The topological polar surface area (TPSA) is 29.5 Å². The van der Waals surface area contributed by atoms with Crippen molar-refractivity contribution in [3.63, 3.8) is 0 Å². The van der Waals surface area contributed by atoms with Crippen molar-refractivity contribution < 1.29 is 9.53 Å². The summed E-state index contributed by atoms with van der Waals surface area (Å²) in [6.07, 6.45) is 0.546. The highest BCUT2D eigenvalue weighted by molar-refractivity contribution is 5.77. The number of carbonyl (C=O) groups is 1. The zero-order valence-corrected chi connectivity index (χ0v) is 9.06. The van der Waals surface area contributed by atoms with Crippen molar-refractivity contribution in [2.24, 2.45) is 0 Å². The molecule has 0 spiro atoms. The van der Waals surface area contributed by atoms with Crippen molar-refractivity contribution in [1.82, 2.24) is 0 Å². The predicted molar refractivity (Wildman–Crippen MR) is 59.4 cm³/mol. The molecule has 1 aliphatic rings. The summed E-state index contributed by atoms with van der Waals surface area (Å²) in [5, 5.41) is 0. The fourth-order valence-corrected chi connectivity index (χ4v) is 1.89. The zero-order chi connectivity index (χ0) is 10.8. The van der Waals surface area contributed by atoms with Crippen LogP contribution in [0.1, 0.15) is 13.3 Å². The maximum absolute atomic E-state index is 11.1. The van der Waals surface area contributed by atoms with E-state index in [1.54, 1.807) is 6.92 Å². The molecule has 0 saturated carbocycles. The van der Waals surface area contributed by atoms with Crippen molar-refractivity contribution in [2.45, 2.75) is 19.4 Å². The van der Waals surface area contributed by atoms with Gasteiger partial charge in [-0.05, 0) is 19.1 Å². The largest absolute Gasteiger partial charge is 0.489 e. The lowest BCUT2D eigenvalue weighted by molar-refractivity contribution is -0.117. The Hall–Kier alpha value is -1.51. The number of ketones is 1. The normalized spacial score (nSPS) is 19.3. The summed E-state index contributed by atoms with van der Waals surface area (Å²) in [5.74, 6) is 1.11. The van der Waals surface area contributed by atoms with Crippen molar-refractivity contribution in [3.8, 4) is 5.75 Å². The highest BCUT2D eigenvalue weighted by Crippen LogP contribution is 2.32. The van der Waals surface area contributed by atoms with E-state index in [4.69, 9.17) is 4.74 Å². The number of Topliss-reactive ketones (excluding diaryl/α,β-unsaturated/α-hetero) is 1. The Morgan fingerprint density at radius 3 is 3.00 bits per heavy atom. The summed E-state index contributed by atoms with van der Waals surface area (Å²) < 4.78 is 5.61. The van der Waals surface area contributed by atoms with Crippen LogP contribution in [-0.4, -0.2) is 25.5 Å². The molecule has 80 valence electrons. The molecule has 2 rings (SSSR count). The molecule has 1 aliphatic heterocycles. The van der Waals surface area contributed by atoms with Gasteiger partial charge in [-0.1, -0.05) is 12.1 Å². The molecular weight excluding hydrogens is 190 g/mol. The molecule has 1 unspecified atom stereocenters. The number of anilines is 1. The van der Waals surface area contributed by atoms with Gasteiger partial charge in [0.2, 0.25) is 0 Å². The van der Waals surface area contributed by atoms with Crippen LogP contribution in [0, 0.1) is 0 Å². The lowest BCUT2D eigenvalue weighted by Gasteiger charge is -2.35. The van der Waals surface area contributed by atoms with E-state index in [0.29, 0.717) is 13.0 Å². The van der Waals surface area contributed by atoms with Crippen LogP contribution in [0.3, 0.4) is 0 Å². The quantitative estimate of drug-likeness (QED) is 0.738. The number of likely N-dealkylation sites (N-methyl/N-ethyl adjacent to an activating group) is 1. The molecule has 3 nitrogen and oxygen atoms in total. The number of nitrogens with zero attached hydrogens (tertiary/aromatic N) is 1. The molecule has 1 heterocycles. The minimum absolute atomic E-state index is 0.164. The number of carbonyl (C=O) groups excluding carboxylic acids is 1. The number of hydrogen-bond acceptors (Lipinski definition) is 3. The van der Waals surface area contributed by atoms with E-state index >= 15 is 0 Å². The van der Waals surface area contributed by atoms with Gasteiger partial charge >= 0.3 is 0 Å². The van der Waals surface area contributed by atoms with Gasteiger partial charge in [0.1, 0.15) is 18.1 Å². The molecule has 1 aromatic carbocycles. The molecule has 15 heavy (non-hydrogen) atoms. The van der Waals surface area contributed by atoms with E-state index in [1.807, 2.05) is 31.3 Å². The number of hydrogen-bond donors (Lipinski definition) is 0. The van der Waals surface area contributed by atoms with Crippen LogP contribution in [-0.2, 0) is 4.79 Å². The van der Waals surface area contributed by atoms with Crippen molar-refractivity contribution in [3.05, 3.63) is 24.3 Å². The molecular formula is C12H15NO2. The van der Waals surface area contributed by atoms with E-state index in [0.717, 1.165) is 11.4 Å². The minimum atomic E-state index is 0.164. The van der Waals surface area contributed by atoms with Crippen LogP contribution in [0.4, 0.5) is 5.69 Å². The third kappa shape index (κ3) is 1.96. The molecule has 0 amide bonds. The number of benzene rings is 1. The Morgan fingerprint density at radius 2 is 2.27 bits per heavy atom. The third-order valence-corrected chi connectivity index (χ3v) is 2.75. The fourth-order valence-electron chi connectivity index (χ4n) is 1.89. The van der Waals surface area contributed by atoms with Gasteiger partial charge in [-0.15, -0.1) is 0 Å². The van der Waals surface area contributed by atoms with Crippen LogP contribution in [0.15, 0.2) is 24.3 Å². The molecule has 0 aliphatic carbocycles. The first-order chi connectivity index (χ1) is 7.18. The summed E-state index contributed by atoms with van der Waals surface area (Å²) >= 11 is 0. The first kappa shape index (κ1) is 10.0. The standard InChI is InChI=1S/C12H15NO2/c1-9(14)7-10-8-15-12-6-4-3-5-11(12)13(10)2/h3-6,10H,7-8H2,1-2H3. The lowest BCUT2D eigenvalue weighted by atomic mass is 10.1. The fraction of sp³-hybridized carbons (Fsp3) is 0.417. The maximum atomic E-state index is 11.1. The van der Waals surface area contributed by atoms with Crippen LogP contribution in [0.25, 0.3) is 0 Å². The number of rotatable bonds is 2. The highest BCUT2D eigenvalue weighted by atomic mass is 16.5. The average Bonchev–Trinajstić information content (AvgIpc) is 2.22. The molecule has 1 aromatic rings. The summed E-state index contributed by atoms with van der Waals surface area (Å²) in [7, 11) is 2.01. The van der Waals surface area contributed by atoms with Crippen molar-refractivity contribution >= 4 is 11.5 Å². The molecule has 0 N–H and O–H groups in total. The van der Waals surface area contributed by atoms with Gasteiger partial charge in [-0.2, -0.15) is 0 Å².